The van der Waals surface area contributed by atoms with Gasteiger partial charge in [0, 0.05) is 14.8 Å². The zero-order valence-corrected chi connectivity index (χ0v) is 16.1. The predicted octanol–water partition coefficient (Wildman–Crippen LogP) is 3.69. The summed E-state index contributed by atoms with van der Waals surface area (Å²) in [4.78, 5) is 16.8. The molecule has 0 saturated heterocycles. The van der Waals surface area contributed by atoms with Gasteiger partial charge in [0.1, 0.15) is 0 Å². The van der Waals surface area contributed by atoms with E-state index in [1.54, 1.807) is 19.2 Å². The van der Waals surface area contributed by atoms with Crippen molar-refractivity contribution in [2.24, 2.45) is 5.16 Å². The van der Waals surface area contributed by atoms with Crippen LogP contribution in [0.3, 0.4) is 0 Å². The van der Waals surface area contributed by atoms with Crippen molar-refractivity contribution in [2.45, 2.75) is 6.92 Å². The first-order chi connectivity index (χ1) is 12.1. The second-order valence-electron chi connectivity index (χ2n) is 4.91. The molecule has 0 aromatic heterocycles. The molecular formula is C18H19IN2O4. The van der Waals surface area contributed by atoms with E-state index in [0.29, 0.717) is 23.8 Å². The van der Waals surface area contributed by atoms with Crippen molar-refractivity contribution in [3.8, 4) is 11.5 Å². The SMILES string of the molecule is CCOc1ccc(/C=N/OCC(=O)Nc2ccc(I)cc2)cc1OC. The molecule has 0 radical (unpaired) electrons. The molecule has 0 heterocycles. The summed E-state index contributed by atoms with van der Waals surface area (Å²) in [5.41, 5.74) is 1.49. The van der Waals surface area contributed by atoms with Crippen LogP contribution in [0.2, 0.25) is 0 Å². The molecule has 0 saturated carbocycles. The lowest BCUT2D eigenvalue weighted by molar-refractivity contribution is -0.120. The van der Waals surface area contributed by atoms with Crippen LogP contribution in [0, 0.1) is 3.57 Å². The summed E-state index contributed by atoms with van der Waals surface area (Å²) in [5, 5.41) is 6.53. The summed E-state index contributed by atoms with van der Waals surface area (Å²) in [6.45, 7) is 2.29. The maximum atomic E-state index is 11.8. The van der Waals surface area contributed by atoms with Gasteiger partial charge in [0.05, 0.1) is 19.9 Å². The van der Waals surface area contributed by atoms with Crippen molar-refractivity contribution in [3.63, 3.8) is 0 Å². The van der Waals surface area contributed by atoms with Gasteiger partial charge in [-0.1, -0.05) is 5.16 Å². The molecule has 0 fully saturated rings. The van der Waals surface area contributed by atoms with E-state index in [0.717, 1.165) is 9.13 Å². The number of carbonyl (C=O) groups is 1. The number of oxime groups is 1. The molecule has 2 aromatic carbocycles. The lowest BCUT2D eigenvalue weighted by atomic mass is 10.2. The molecule has 1 N–H and O–H groups in total. The molecule has 2 rings (SSSR count). The molecule has 7 heteroatoms. The third-order valence-electron chi connectivity index (χ3n) is 3.09. The zero-order chi connectivity index (χ0) is 18.1. The molecule has 0 spiro atoms. The number of nitrogens with zero attached hydrogens (tertiary/aromatic N) is 1. The molecular weight excluding hydrogens is 435 g/mol. The van der Waals surface area contributed by atoms with E-state index in [9.17, 15) is 4.79 Å². The number of carbonyl (C=O) groups excluding carboxylic acids is 1. The molecule has 0 bridgehead atoms. The topological polar surface area (TPSA) is 69.2 Å². The summed E-state index contributed by atoms with van der Waals surface area (Å²) < 4.78 is 11.8. The monoisotopic (exact) mass is 454 g/mol. The highest BCUT2D eigenvalue weighted by Gasteiger charge is 2.05. The normalized spacial score (nSPS) is 10.5. The molecule has 132 valence electrons. The largest absolute Gasteiger partial charge is 0.493 e. The first kappa shape index (κ1) is 19.0. The quantitative estimate of drug-likeness (QED) is 0.376. The molecule has 0 unspecified atom stereocenters. The highest BCUT2D eigenvalue weighted by molar-refractivity contribution is 14.1. The van der Waals surface area contributed by atoms with Crippen LogP contribution in [0.15, 0.2) is 47.6 Å². The lowest BCUT2D eigenvalue weighted by Gasteiger charge is -2.09. The van der Waals surface area contributed by atoms with E-state index in [4.69, 9.17) is 14.3 Å². The fourth-order valence-electron chi connectivity index (χ4n) is 1.96. The highest BCUT2D eigenvalue weighted by atomic mass is 127. The van der Waals surface area contributed by atoms with Crippen molar-refractivity contribution in [1.29, 1.82) is 0 Å². The molecule has 0 atom stereocenters. The van der Waals surface area contributed by atoms with Gasteiger partial charge < -0.3 is 19.6 Å². The number of nitrogens with one attached hydrogen (secondary N) is 1. The molecule has 1 amide bonds. The van der Waals surface area contributed by atoms with E-state index in [1.165, 1.54) is 6.21 Å². The number of ether oxygens (including phenoxy) is 2. The predicted molar refractivity (Wildman–Crippen MR) is 105 cm³/mol. The van der Waals surface area contributed by atoms with Crippen LogP contribution in [0.4, 0.5) is 5.69 Å². The fraction of sp³-hybridized carbons (Fsp3) is 0.222. The Hall–Kier alpha value is -2.29. The van der Waals surface area contributed by atoms with Gasteiger partial charge >= 0.3 is 0 Å². The average molecular weight is 454 g/mol. The van der Waals surface area contributed by atoms with Crippen molar-refractivity contribution < 1.29 is 19.1 Å². The number of rotatable bonds is 8. The molecule has 0 aliphatic carbocycles. The summed E-state index contributed by atoms with van der Waals surface area (Å²) in [6.07, 6.45) is 1.51. The number of amides is 1. The van der Waals surface area contributed by atoms with Crippen LogP contribution in [0.1, 0.15) is 12.5 Å². The third-order valence-corrected chi connectivity index (χ3v) is 3.81. The average Bonchev–Trinajstić information content (AvgIpc) is 2.62. The minimum Gasteiger partial charge on any atom is -0.493 e. The van der Waals surface area contributed by atoms with Crippen molar-refractivity contribution in [3.05, 3.63) is 51.6 Å². The van der Waals surface area contributed by atoms with Gasteiger partial charge in [0.15, 0.2) is 18.1 Å². The van der Waals surface area contributed by atoms with E-state index < -0.39 is 0 Å². The minimum absolute atomic E-state index is 0.170. The Morgan fingerprint density at radius 3 is 2.64 bits per heavy atom. The number of hydrogen-bond donors (Lipinski definition) is 1. The van der Waals surface area contributed by atoms with Gasteiger partial charge in [-0.3, -0.25) is 4.79 Å². The Kier molecular flexibility index (Phi) is 7.52. The summed E-state index contributed by atoms with van der Waals surface area (Å²) >= 11 is 2.20. The summed E-state index contributed by atoms with van der Waals surface area (Å²) in [5.74, 6) is 1.00. The standard InChI is InChI=1S/C18H19IN2O4/c1-3-24-16-9-4-13(10-17(16)23-2)11-20-25-12-18(22)21-15-7-5-14(19)6-8-15/h4-11H,3,12H2,1-2H3,(H,21,22)/b20-11+. The van der Waals surface area contributed by atoms with Crippen LogP contribution in [0.25, 0.3) is 0 Å². The Labute approximate surface area is 160 Å². The maximum Gasteiger partial charge on any atom is 0.265 e. The number of methoxy groups -OCH3 is 1. The van der Waals surface area contributed by atoms with Crippen molar-refractivity contribution in [1.82, 2.24) is 0 Å². The second kappa shape index (κ2) is 9.87. The Bertz CT molecular complexity index is 732. The van der Waals surface area contributed by atoms with E-state index in [2.05, 4.69) is 33.1 Å². The van der Waals surface area contributed by atoms with Crippen LogP contribution >= 0.6 is 22.6 Å². The number of halogens is 1. The van der Waals surface area contributed by atoms with Crippen LogP contribution in [0.5, 0.6) is 11.5 Å². The van der Waals surface area contributed by atoms with E-state index in [1.807, 2.05) is 37.3 Å². The summed E-state index contributed by atoms with van der Waals surface area (Å²) in [6, 6.07) is 12.9. The van der Waals surface area contributed by atoms with Gasteiger partial charge in [0.2, 0.25) is 0 Å². The van der Waals surface area contributed by atoms with Crippen LogP contribution in [-0.2, 0) is 9.63 Å². The smallest absolute Gasteiger partial charge is 0.265 e. The lowest BCUT2D eigenvalue weighted by Crippen LogP contribution is -2.16. The zero-order valence-electron chi connectivity index (χ0n) is 14.0. The third kappa shape index (κ3) is 6.26. The molecule has 25 heavy (non-hydrogen) atoms. The Balaban J connectivity index is 1.84. The number of anilines is 1. The van der Waals surface area contributed by atoms with Crippen LogP contribution in [-0.4, -0.2) is 32.4 Å². The van der Waals surface area contributed by atoms with Gasteiger partial charge in [-0.25, -0.2) is 0 Å². The highest BCUT2D eigenvalue weighted by Crippen LogP contribution is 2.27. The minimum atomic E-state index is -0.275. The number of hydrogen-bond acceptors (Lipinski definition) is 5. The number of benzene rings is 2. The van der Waals surface area contributed by atoms with Crippen molar-refractivity contribution >= 4 is 40.4 Å². The van der Waals surface area contributed by atoms with Crippen molar-refractivity contribution in [2.75, 3.05) is 25.6 Å². The fourth-order valence-corrected chi connectivity index (χ4v) is 2.32. The molecule has 2 aromatic rings. The maximum absolute atomic E-state index is 11.8. The van der Waals surface area contributed by atoms with E-state index in [-0.39, 0.29) is 12.5 Å². The first-order valence-electron chi connectivity index (χ1n) is 7.64. The van der Waals surface area contributed by atoms with E-state index >= 15 is 0 Å². The molecule has 0 aliphatic rings. The first-order valence-corrected chi connectivity index (χ1v) is 8.72. The van der Waals surface area contributed by atoms with Crippen LogP contribution < -0.4 is 14.8 Å². The Morgan fingerprint density at radius 2 is 1.96 bits per heavy atom. The van der Waals surface area contributed by atoms with Gasteiger partial charge in [0.25, 0.3) is 5.91 Å². The molecule has 0 aliphatic heterocycles. The van der Waals surface area contributed by atoms with Gasteiger partial charge in [-0.05, 0) is 72.0 Å². The Morgan fingerprint density at radius 1 is 1.20 bits per heavy atom. The van der Waals surface area contributed by atoms with Gasteiger partial charge in [-0.15, -0.1) is 0 Å². The summed E-state index contributed by atoms with van der Waals surface area (Å²) in [7, 11) is 1.57. The van der Waals surface area contributed by atoms with Gasteiger partial charge in [-0.2, -0.15) is 0 Å². The molecule has 6 nitrogen and oxygen atoms in total. The second-order valence-corrected chi connectivity index (χ2v) is 6.15.